The predicted octanol–water partition coefficient (Wildman–Crippen LogP) is 2.98. The Labute approximate surface area is 200 Å². The lowest BCUT2D eigenvalue weighted by molar-refractivity contribution is -0.121. The second kappa shape index (κ2) is 13.5. The highest BCUT2D eigenvalue weighted by Gasteiger charge is 2.15. The number of unbranched alkanes of at least 4 members (excludes halogenated alkanes) is 3. The highest BCUT2D eigenvalue weighted by molar-refractivity contribution is 7.89. The van der Waals surface area contributed by atoms with Crippen LogP contribution in [0.25, 0.3) is 0 Å². The summed E-state index contributed by atoms with van der Waals surface area (Å²) in [5, 5.41) is 0. The van der Waals surface area contributed by atoms with Gasteiger partial charge in [0.1, 0.15) is 5.75 Å². The van der Waals surface area contributed by atoms with E-state index in [1.807, 2.05) is 0 Å². The van der Waals surface area contributed by atoms with E-state index in [-0.39, 0.29) is 23.6 Å². The maximum Gasteiger partial charge on any atom is 0.269 e. The first-order valence-electron chi connectivity index (χ1n) is 11.2. The molecule has 0 aliphatic carbocycles. The van der Waals surface area contributed by atoms with Gasteiger partial charge in [0.15, 0.2) is 5.78 Å². The highest BCUT2D eigenvalue weighted by atomic mass is 32.2. The number of sulfonamides is 1. The quantitative estimate of drug-likeness (QED) is 0.225. The van der Waals surface area contributed by atoms with Crippen molar-refractivity contribution in [3.63, 3.8) is 0 Å². The van der Waals surface area contributed by atoms with Gasteiger partial charge >= 0.3 is 0 Å². The summed E-state index contributed by atoms with van der Waals surface area (Å²) in [5.41, 5.74) is 5.29. The number of rotatable bonds is 13. The number of ketones is 1. The first kappa shape index (κ1) is 27.0. The minimum atomic E-state index is -3.83. The lowest BCUT2D eigenvalue weighted by Crippen LogP contribution is -2.42. The molecular formula is C24H31N3O6S. The van der Waals surface area contributed by atoms with Crippen molar-refractivity contribution < 1.29 is 27.5 Å². The van der Waals surface area contributed by atoms with E-state index in [2.05, 4.69) is 22.5 Å². The van der Waals surface area contributed by atoms with E-state index in [1.165, 1.54) is 37.6 Å². The molecule has 0 unspecified atom stereocenters. The van der Waals surface area contributed by atoms with Crippen molar-refractivity contribution in [3.05, 3.63) is 59.7 Å². The number of benzene rings is 2. The van der Waals surface area contributed by atoms with E-state index in [4.69, 9.17) is 4.74 Å². The molecule has 2 rings (SSSR count). The normalized spacial score (nSPS) is 11.0. The smallest absolute Gasteiger partial charge is 0.269 e. The number of hydrazine groups is 1. The molecular weight excluding hydrogens is 458 g/mol. The van der Waals surface area contributed by atoms with Crippen molar-refractivity contribution in [2.45, 2.75) is 50.8 Å². The average Bonchev–Trinajstić information content (AvgIpc) is 2.82. The lowest BCUT2D eigenvalue weighted by Gasteiger charge is -2.10. The van der Waals surface area contributed by atoms with Crippen molar-refractivity contribution in [1.82, 2.24) is 15.6 Å². The van der Waals surface area contributed by atoms with Crippen LogP contribution in [-0.2, 0) is 14.8 Å². The average molecular weight is 490 g/mol. The molecule has 0 saturated carbocycles. The number of carbonyl (C=O) groups is 3. The van der Waals surface area contributed by atoms with Crippen LogP contribution in [0.1, 0.15) is 66.7 Å². The molecule has 0 heterocycles. The van der Waals surface area contributed by atoms with Gasteiger partial charge < -0.3 is 4.74 Å². The van der Waals surface area contributed by atoms with Gasteiger partial charge in [-0.3, -0.25) is 25.2 Å². The van der Waals surface area contributed by atoms with Gasteiger partial charge in [-0.15, -0.1) is 0 Å². The molecule has 0 fully saturated rings. The van der Waals surface area contributed by atoms with Crippen molar-refractivity contribution in [3.8, 4) is 5.75 Å². The van der Waals surface area contributed by atoms with Crippen LogP contribution in [-0.4, -0.2) is 39.2 Å². The summed E-state index contributed by atoms with van der Waals surface area (Å²) in [5.74, 6) is -0.568. The molecule has 34 heavy (non-hydrogen) atoms. The van der Waals surface area contributed by atoms with Gasteiger partial charge in [0.2, 0.25) is 15.9 Å². The fourth-order valence-electron chi connectivity index (χ4n) is 2.93. The molecule has 0 spiro atoms. The number of nitrogens with one attached hydrogen (secondary N) is 3. The Hall–Kier alpha value is -3.24. The molecule has 0 aliphatic rings. The fourth-order valence-corrected chi connectivity index (χ4v) is 3.97. The second-order valence-electron chi connectivity index (χ2n) is 7.66. The maximum atomic E-state index is 12.3. The van der Waals surface area contributed by atoms with Gasteiger partial charge in [0.05, 0.1) is 11.5 Å². The zero-order valence-electron chi connectivity index (χ0n) is 19.4. The molecule has 10 heteroatoms. The van der Waals surface area contributed by atoms with Gasteiger partial charge in [0.25, 0.3) is 5.91 Å². The predicted molar refractivity (Wildman–Crippen MR) is 128 cm³/mol. The molecule has 0 bridgehead atoms. The van der Waals surface area contributed by atoms with E-state index < -0.39 is 21.8 Å². The van der Waals surface area contributed by atoms with Crippen LogP contribution in [0, 0.1) is 0 Å². The number of ether oxygens (including phenoxy) is 1. The Bertz CT molecular complexity index is 1070. The minimum Gasteiger partial charge on any atom is -0.494 e. The Kier molecular flexibility index (Phi) is 10.7. The first-order valence-corrected chi connectivity index (χ1v) is 12.6. The van der Waals surface area contributed by atoms with E-state index >= 15 is 0 Å². The summed E-state index contributed by atoms with van der Waals surface area (Å²) in [6.45, 7) is 3.99. The third kappa shape index (κ3) is 8.95. The van der Waals surface area contributed by atoms with Crippen LogP contribution >= 0.6 is 0 Å². The van der Waals surface area contributed by atoms with Gasteiger partial charge in [-0.2, -0.15) is 0 Å². The maximum absolute atomic E-state index is 12.3. The molecule has 0 atom stereocenters. The second-order valence-corrected chi connectivity index (χ2v) is 9.43. The molecule has 0 aliphatic heterocycles. The van der Waals surface area contributed by atoms with Crippen LogP contribution in [0.15, 0.2) is 53.4 Å². The Morgan fingerprint density at radius 2 is 1.50 bits per heavy atom. The summed E-state index contributed by atoms with van der Waals surface area (Å²) < 4.78 is 32.5. The SMILES string of the molecule is CCCCCCOc1ccc(C(=O)NNC(=O)CCNS(=O)(=O)c2ccc(C(C)=O)cc2)cc1. The minimum absolute atomic E-state index is 0.0143. The first-order chi connectivity index (χ1) is 16.2. The number of amides is 2. The molecule has 2 aromatic carbocycles. The largest absolute Gasteiger partial charge is 0.494 e. The van der Waals surface area contributed by atoms with E-state index in [0.29, 0.717) is 23.5 Å². The van der Waals surface area contributed by atoms with Crippen molar-refractivity contribution in [2.75, 3.05) is 13.2 Å². The number of hydrogen-bond donors (Lipinski definition) is 3. The van der Waals surface area contributed by atoms with E-state index in [1.54, 1.807) is 24.3 Å². The van der Waals surface area contributed by atoms with Crippen LogP contribution in [0.2, 0.25) is 0 Å². The van der Waals surface area contributed by atoms with E-state index in [9.17, 15) is 22.8 Å². The van der Waals surface area contributed by atoms with Crippen molar-refractivity contribution >= 4 is 27.6 Å². The molecule has 0 saturated heterocycles. The third-order valence-electron chi connectivity index (χ3n) is 4.91. The fraction of sp³-hybridized carbons (Fsp3) is 0.375. The van der Waals surface area contributed by atoms with Gasteiger partial charge in [-0.05, 0) is 49.7 Å². The Morgan fingerprint density at radius 1 is 0.853 bits per heavy atom. The Morgan fingerprint density at radius 3 is 2.12 bits per heavy atom. The van der Waals surface area contributed by atoms with Crippen LogP contribution < -0.4 is 20.3 Å². The van der Waals surface area contributed by atoms with Gasteiger partial charge in [-0.25, -0.2) is 13.1 Å². The molecule has 184 valence electrons. The zero-order chi connectivity index (χ0) is 25.0. The monoisotopic (exact) mass is 489 g/mol. The van der Waals surface area contributed by atoms with Crippen LogP contribution in [0.4, 0.5) is 0 Å². The highest BCUT2D eigenvalue weighted by Crippen LogP contribution is 2.13. The molecule has 9 nitrogen and oxygen atoms in total. The van der Waals surface area contributed by atoms with Crippen LogP contribution in [0.3, 0.4) is 0 Å². The lowest BCUT2D eigenvalue weighted by atomic mass is 10.2. The topological polar surface area (TPSA) is 131 Å². The van der Waals surface area contributed by atoms with Gasteiger partial charge in [-0.1, -0.05) is 38.3 Å². The molecule has 2 aromatic rings. The molecule has 2 amide bonds. The summed E-state index contributed by atoms with van der Waals surface area (Å²) in [6.07, 6.45) is 4.25. The Balaban J connectivity index is 1.72. The van der Waals surface area contributed by atoms with Gasteiger partial charge in [0, 0.05) is 24.1 Å². The summed E-state index contributed by atoms with van der Waals surface area (Å²) in [4.78, 5) is 35.4. The molecule has 3 N–H and O–H groups in total. The number of hydrogen-bond acceptors (Lipinski definition) is 6. The third-order valence-corrected chi connectivity index (χ3v) is 6.39. The summed E-state index contributed by atoms with van der Waals surface area (Å²) in [7, 11) is -3.83. The van der Waals surface area contributed by atoms with Crippen molar-refractivity contribution in [2.24, 2.45) is 0 Å². The summed E-state index contributed by atoms with van der Waals surface area (Å²) >= 11 is 0. The molecule has 0 aromatic heterocycles. The number of carbonyl (C=O) groups excluding carboxylic acids is 3. The van der Waals surface area contributed by atoms with Crippen molar-refractivity contribution in [1.29, 1.82) is 0 Å². The number of Topliss-reactive ketones (excluding diaryl/α,β-unsaturated/α-hetero) is 1. The summed E-state index contributed by atoms with van der Waals surface area (Å²) in [6, 6.07) is 12.0. The zero-order valence-corrected chi connectivity index (χ0v) is 20.2. The standard InChI is InChI=1S/C24H31N3O6S/c1-3-4-5-6-17-33-21-11-7-20(8-12-21)24(30)27-26-23(29)15-16-25-34(31,32)22-13-9-19(10-14-22)18(2)28/h7-14,25H,3-6,15-17H2,1-2H3,(H,26,29)(H,27,30). The molecule has 0 radical (unpaired) electrons. The van der Waals surface area contributed by atoms with Crippen LogP contribution in [0.5, 0.6) is 5.75 Å². The van der Waals surface area contributed by atoms with E-state index in [0.717, 1.165) is 19.3 Å².